The van der Waals surface area contributed by atoms with Crippen molar-refractivity contribution in [2.75, 3.05) is 0 Å². The average Bonchev–Trinajstić information content (AvgIpc) is 2.41. The molecule has 1 amide bonds. The van der Waals surface area contributed by atoms with Crippen molar-refractivity contribution in [2.45, 2.75) is 19.4 Å². The van der Waals surface area contributed by atoms with E-state index < -0.39 is 11.4 Å². The summed E-state index contributed by atoms with van der Waals surface area (Å²) in [6, 6.07) is 11.8. The molecule has 110 valence electrons. The molecule has 0 atom stereocenters. The Bertz CT molecular complexity index is 668. The lowest BCUT2D eigenvalue weighted by atomic mass is 9.94. The van der Waals surface area contributed by atoms with Crippen LogP contribution < -0.4 is 5.32 Å². The minimum absolute atomic E-state index is 0.278. The molecule has 0 aliphatic rings. The number of hydrogen-bond acceptors (Lipinski definition) is 1. The van der Waals surface area contributed by atoms with Crippen molar-refractivity contribution in [3.05, 3.63) is 68.4 Å². The van der Waals surface area contributed by atoms with Crippen molar-refractivity contribution in [3.63, 3.8) is 0 Å². The van der Waals surface area contributed by atoms with E-state index >= 15 is 0 Å². The molecule has 5 heteroatoms. The first-order chi connectivity index (χ1) is 9.79. The van der Waals surface area contributed by atoms with Crippen molar-refractivity contribution < 1.29 is 9.18 Å². The second-order valence-corrected chi connectivity index (χ2v) is 6.98. The first-order valence-electron chi connectivity index (χ1n) is 6.33. The van der Waals surface area contributed by atoms with Crippen LogP contribution in [0.2, 0.25) is 0 Å². The lowest BCUT2D eigenvalue weighted by Gasteiger charge is -2.27. The standard InChI is InChI=1S/C16H14Br2FNO/c1-16(2,10-3-5-11(17)6-4-10)20-15(21)13-9-12(19)7-8-14(13)18/h3-9H,1-2H3,(H,20,21). The van der Waals surface area contributed by atoms with Crippen LogP contribution in [0.25, 0.3) is 0 Å². The molecule has 1 N–H and O–H groups in total. The van der Waals surface area contributed by atoms with E-state index in [-0.39, 0.29) is 11.5 Å². The van der Waals surface area contributed by atoms with E-state index in [1.54, 1.807) is 0 Å². The largest absolute Gasteiger partial charge is 0.343 e. The van der Waals surface area contributed by atoms with Crippen LogP contribution in [0.4, 0.5) is 4.39 Å². The Morgan fingerprint density at radius 1 is 1.10 bits per heavy atom. The topological polar surface area (TPSA) is 29.1 Å². The summed E-state index contributed by atoms with van der Waals surface area (Å²) >= 11 is 6.65. The van der Waals surface area contributed by atoms with Gasteiger partial charge in [0.2, 0.25) is 0 Å². The normalized spacial score (nSPS) is 11.3. The van der Waals surface area contributed by atoms with Crippen molar-refractivity contribution in [1.29, 1.82) is 0 Å². The van der Waals surface area contributed by atoms with Gasteiger partial charge in [-0.2, -0.15) is 0 Å². The van der Waals surface area contributed by atoms with E-state index in [4.69, 9.17) is 0 Å². The molecule has 0 bridgehead atoms. The summed E-state index contributed by atoms with van der Waals surface area (Å²) in [6.45, 7) is 3.81. The van der Waals surface area contributed by atoms with Crippen LogP contribution in [0.3, 0.4) is 0 Å². The zero-order chi connectivity index (χ0) is 15.6. The first-order valence-corrected chi connectivity index (χ1v) is 7.92. The highest BCUT2D eigenvalue weighted by atomic mass is 79.9. The number of carbonyl (C=O) groups is 1. The van der Waals surface area contributed by atoms with Crippen LogP contribution in [0, 0.1) is 5.82 Å². The Morgan fingerprint density at radius 3 is 2.33 bits per heavy atom. The number of benzene rings is 2. The van der Waals surface area contributed by atoms with Crippen LogP contribution in [0.15, 0.2) is 51.4 Å². The Morgan fingerprint density at radius 2 is 1.71 bits per heavy atom. The van der Waals surface area contributed by atoms with Crippen molar-refractivity contribution in [2.24, 2.45) is 0 Å². The second-order valence-electron chi connectivity index (χ2n) is 5.21. The quantitative estimate of drug-likeness (QED) is 0.750. The maximum Gasteiger partial charge on any atom is 0.253 e. The number of nitrogens with one attached hydrogen (secondary N) is 1. The molecule has 0 unspecified atom stereocenters. The number of carbonyl (C=O) groups excluding carboxylic acids is 1. The third-order valence-corrected chi connectivity index (χ3v) is 4.39. The van der Waals surface area contributed by atoms with Crippen molar-refractivity contribution in [3.8, 4) is 0 Å². The molecule has 0 fully saturated rings. The van der Waals surface area contributed by atoms with Gasteiger partial charge in [0.15, 0.2) is 0 Å². The molecule has 0 aliphatic carbocycles. The molecular weight excluding hydrogens is 401 g/mol. The molecule has 2 rings (SSSR count). The van der Waals surface area contributed by atoms with Gasteiger partial charge < -0.3 is 5.32 Å². The zero-order valence-corrected chi connectivity index (χ0v) is 14.8. The molecule has 2 aromatic rings. The Hall–Kier alpha value is -1.20. The lowest BCUT2D eigenvalue weighted by Crippen LogP contribution is -2.41. The second kappa shape index (κ2) is 6.28. The van der Waals surface area contributed by atoms with Gasteiger partial charge in [-0.05, 0) is 65.7 Å². The molecular formula is C16H14Br2FNO. The molecule has 2 nitrogen and oxygen atoms in total. The molecule has 0 aliphatic heterocycles. The van der Waals surface area contributed by atoms with Crippen molar-refractivity contribution in [1.82, 2.24) is 5.32 Å². The summed E-state index contributed by atoms with van der Waals surface area (Å²) in [7, 11) is 0. The van der Waals surface area contributed by atoms with Gasteiger partial charge >= 0.3 is 0 Å². The predicted octanol–water partition coefficient (Wildman–Crippen LogP) is 5.02. The number of hydrogen-bond donors (Lipinski definition) is 1. The molecule has 0 saturated heterocycles. The first kappa shape index (κ1) is 16.2. The van der Waals surface area contributed by atoms with Gasteiger partial charge in [0.25, 0.3) is 5.91 Å². The van der Waals surface area contributed by atoms with E-state index in [1.165, 1.54) is 18.2 Å². The van der Waals surface area contributed by atoms with Gasteiger partial charge in [-0.1, -0.05) is 28.1 Å². The SMILES string of the molecule is CC(C)(NC(=O)c1cc(F)ccc1Br)c1ccc(Br)cc1. The molecule has 2 aromatic carbocycles. The minimum Gasteiger partial charge on any atom is -0.343 e. The Labute approximate surface area is 140 Å². The fourth-order valence-electron chi connectivity index (χ4n) is 1.96. The highest BCUT2D eigenvalue weighted by molar-refractivity contribution is 9.10. The van der Waals surface area contributed by atoms with Gasteiger partial charge in [-0.15, -0.1) is 0 Å². The minimum atomic E-state index is -0.566. The number of halogens is 3. The van der Waals surface area contributed by atoms with Crippen LogP contribution in [0.1, 0.15) is 29.8 Å². The third kappa shape index (κ3) is 3.92. The summed E-state index contributed by atoms with van der Waals surface area (Å²) in [4.78, 5) is 12.4. The predicted molar refractivity (Wildman–Crippen MR) is 88.7 cm³/mol. The fourth-order valence-corrected chi connectivity index (χ4v) is 2.65. The summed E-state index contributed by atoms with van der Waals surface area (Å²) in [5.74, 6) is -0.765. The maximum absolute atomic E-state index is 13.3. The van der Waals surface area contributed by atoms with Crippen LogP contribution in [-0.4, -0.2) is 5.91 Å². The maximum atomic E-state index is 13.3. The lowest BCUT2D eigenvalue weighted by molar-refractivity contribution is 0.0911. The fraction of sp³-hybridized carbons (Fsp3) is 0.188. The van der Waals surface area contributed by atoms with E-state index in [2.05, 4.69) is 37.2 Å². The van der Waals surface area contributed by atoms with Gasteiger partial charge in [-0.3, -0.25) is 4.79 Å². The van der Waals surface area contributed by atoms with E-state index in [0.717, 1.165) is 10.0 Å². The average molecular weight is 415 g/mol. The van der Waals surface area contributed by atoms with Crippen LogP contribution in [-0.2, 0) is 5.54 Å². The van der Waals surface area contributed by atoms with E-state index in [0.29, 0.717) is 4.47 Å². The summed E-state index contributed by atoms with van der Waals surface area (Å²) in [6.07, 6.45) is 0. The summed E-state index contributed by atoms with van der Waals surface area (Å²) in [5, 5.41) is 2.93. The van der Waals surface area contributed by atoms with Crippen LogP contribution in [0.5, 0.6) is 0 Å². The van der Waals surface area contributed by atoms with E-state index in [1.807, 2.05) is 38.1 Å². The molecule has 0 spiro atoms. The number of rotatable bonds is 3. The smallest absolute Gasteiger partial charge is 0.253 e. The highest BCUT2D eigenvalue weighted by Gasteiger charge is 2.24. The van der Waals surface area contributed by atoms with Gasteiger partial charge in [0.1, 0.15) is 5.82 Å². The number of amides is 1. The zero-order valence-electron chi connectivity index (χ0n) is 11.6. The van der Waals surface area contributed by atoms with Gasteiger partial charge in [0.05, 0.1) is 11.1 Å². The summed E-state index contributed by atoms with van der Waals surface area (Å²) in [5.41, 5.74) is 0.676. The summed E-state index contributed by atoms with van der Waals surface area (Å²) < 4.78 is 14.8. The molecule has 0 saturated carbocycles. The van der Waals surface area contributed by atoms with Gasteiger partial charge in [0, 0.05) is 8.95 Å². The highest BCUT2D eigenvalue weighted by Crippen LogP contribution is 2.24. The third-order valence-electron chi connectivity index (χ3n) is 3.16. The molecule has 21 heavy (non-hydrogen) atoms. The molecule has 0 aromatic heterocycles. The Balaban J connectivity index is 2.25. The Kier molecular flexibility index (Phi) is 4.84. The van der Waals surface area contributed by atoms with Crippen LogP contribution >= 0.6 is 31.9 Å². The van der Waals surface area contributed by atoms with Crippen molar-refractivity contribution >= 4 is 37.8 Å². The monoisotopic (exact) mass is 413 g/mol. The molecule has 0 radical (unpaired) electrons. The van der Waals surface area contributed by atoms with E-state index in [9.17, 15) is 9.18 Å². The van der Waals surface area contributed by atoms with Gasteiger partial charge in [-0.25, -0.2) is 4.39 Å². The molecule has 0 heterocycles.